The second-order valence-electron chi connectivity index (χ2n) is 8.63. The topological polar surface area (TPSA) is 108 Å². The van der Waals surface area contributed by atoms with E-state index in [0.29, 0.717) is 23.1 Å². The highest BCUT2D eigenvalue weighted by atomic mass is 16.5. The zero-order chi connectivity index (χ0) is 22.5. The first-order valence-electron chi connectivity index (χ1n) is 11.6. The van der Waals surface area contributed by atoms with Crippen LogP contribution in [0.2, 0.25) is 0 Å². The number of carbonyl (C=O) groups is 1. The Morgan fingerprint density at radius 2 is 1.91 bits per heavy atom. The third-order valence-corrected chi connectivity index (χ3v) is 6.31. The zero-order valence-electron chi connectivity index (χ0n) is 18.6. The molecule has 0 unspecified atom stereocenters. The van der Waals surface area contributed by atoms with Crippen LogP contribution in [0, 0.1) is 0 Å². The molecule has 1 aromatic carbocycles. The Balaban J connectivity index is 1.21. The number of ether oxygens (including phenoxy) is 1. The summed E-state index contributed by atoms with van der Waals surface area (Å²) in [6.07, 6.45) is 8.00. The molecule has 3 aromatic rings. The van der Waals surface area contributed by atoms with Crippen molar-refractivity contribution in [3.63, 3.8) is 0 Å². The van der Waals surface area contributed by atoms with Gasteiger partial charge in [0.05, 0.1) is 25.1 Å². The van der Waals surface area contributed by atoms with Crippen molar-refractivity contribution in [1.29, 1.82) is 0 Å². The summed E-state index contributed by atoms with van der Waals surface area (Å²) in [6.45, 7) is 4.34. The quantitative estimate of drug-likeness (QED) is 0.507. The van der Waals surface area contributed by atoms with Gasteiger partial charge in [-0.15, -0.1) is 0 Å². The number of anilines is 3. The number of hydrogen-bond donors (Lipinski definition) is 3. The summed E-state index contributed by atoms with van der Waals surface area (Å²) in [5.74, 6) is 0.891. The summed E-state index contributed by atoms with van der Waals surface area (Å²) in [6, 6.07) is 9.91. The number of morpholine rings is 1. The van der Waals surface area contributed by atoms with Gasteiger partial charge in [0.1, 0.15) is 17.8 Å². The number of H-pyrrole nitrogens is 1. The lowest BCUT2D eigenvalue weighted by atomic mass is 10.0. The van der Waals surface area contributed by atoms with Crippen molar-refractivity contribution < 1.29 is 9.53 Å². The van der Waals surface area contributed by atoms with Gasteiger partial charge in [-0.2, -0.15) is 5.10 Å². The van der Waals surface area contributed by atoms with Crippen molar-refractivity contribution in [3.05, 3.63) is 59.8 Å². The fourth-order valence-electron chi connectivity index (χ4n) is 4.48. The average Bonchev–Trinajstić information content (AvgIpc) is 3.54. The minimum atomic E-state index is -0.263. The molecule has 0 radical (unpaired) electrons. The van der Waals surface area contributed by atoms with Gasteiger partial charge < -0.3 is 15.4 Å². The Morgan fingerprint density at radius 1 is 1.12 bits per heavy atom. The largest absolute Gasteiger partial charge is 0.379 e. The van der Waals surface area contributed by atoms with Crippen LogP contribution in [0.3, 0.4) is 0 Å². The molecule has 3 heterocycles. The Hall–Kier alpha value is -3.30. The molecule has 1 saturated carbocycles. The number of aromatic nitrogens is 4. The standard InChI is InChI=1S/C24H29N7O2/c32-24(28-19-7-5-17(6-8-19)15-31-9-11-33-12-10-31)23-21(14-27-30-23)29-22-13-20(25-16-26-22)18-3-1-2-4-18/h5-8,13-14,16,18H,1-4,9-12,15H2,(H,27,30)(H,28,32)(H,25,26,29). The molecule has 1 amide bonds. The third-order valence-electron chi connectivity index (χ3n) is 6.31. The van der Waals surface area contributed by atoms with Crippen molar-refractivity contribution >= 4 is 23.1 Å². The predicted octanol–water partition coefficient (Wildman–Crippen LogP) is 3.69. The monoisotopic (exact) mass is 447 g/mol. The van der Waals surface area contributed by atoms with E-state index in [9.17, 15) is 4.79 Å². The van der Waals surface area contributed by atoms with Crippen LogP contribution in [0.25, 0.3) is 0 Å². The average molecular weight is 448 g/mol. The molecular weight excluding hydrogens is 418 g/mol. The first-order valence-corrected chi connectivity index (χ1v) is 11.6. The van der Waals surface area contributed by atoms with Crippen molar-refractivity contribution in [1.82, 2.24) is 25.1 Å². The maximum atomic E-state index is 12.9. The lowest BCUT2D eigenvalue weighted by molar-refractivity contribution is 0.0342. The molecule has 0 bridgehead atoms. The molecule has 2 aromatic heterocycles. The Bertz CT molecular complexity index is 1070. The van der Waals surface area contributed by atoms with Gasteiger partial charge in [0, 0.05) is 43.0 Å². The van der Waals surface area contributed by atoms with Crippen LogP contribution >= 0.6 is 0 Å². The molecule has 33 heavy (non-hydrogen) atoms. The van der Waals surface area contributed by atoms with Gasteiger partial charge >= 0.3 is 0 Å². The Kier molecular flexibility index (Phi) is 6.59. The van der Waals surface area contributed by atoms with E-state index >= 15 is 0 Å². The molecule has 5 rings (SSSR count). The molecule has 3 N–H and O–H groups in total. The van der Waals surface area contributed by atoms with Gasteiger partial charge in [-0.25, -0.2) is 9.97 Å². The number of aromatic amines is 1. The summed E-state index contributed by atoms with van der Waals surface area (Å²) in [4.78, 5) is 24.0. The van der Waals surface area contributed by atoms with E-state index in [0.717, 1.165) is 44.2 Å². The molecule has 2 fully saturated rings. The summed E-state index contributed by atoms with van der Waals surface area (Å²) in [7, 11) is 0. The highest BCUT2D eigenvalue weighted by Crippen LogP contribution is 2.33. The van der Waals surface area contributed by atoms with Gasteiger partial charge in [-0.05, 0) is 30.5 Å². The van der Waals surface area contributed by atoms with E-state index < -0.39 is 0 Å². The van der Waals surface area contributed by atoms with Gasteiger partial charge in [-0.3, -0.25) is 14.8 Å². The number of amides is 1. The maximum absolute atomic E-state index is 12.9. The summed E-state index contributed by atoms with van der Waals surface area (Å²) < 4.78 is 5.40. The second-order valence-corrected chi connectivity index (χ2v) is 8.63. The molecule has 0 spiro atoms. The van der Waals surface area contributed by atoms with Crippen LogP contribution < -0.4 is 10.6 Å². The van der Waals surface area contributed by atoms with E-state index in [4.69, 9.17) is 4.74 Å². The van der Waals surface area contributed by atoms with E-state index in [-0.39, 0.29) is 5.91 Å². The minimum absolute atomic E-state index is 0.263. The molecule has 1 aliphatic heterocycles. The van der Waals surface area contributed by atoms with Crippen LogP contribution in [0.4, 0.5) is 17.2 Å². The zero-order valence-corrected chi connectivity index (χ0v) is 18.6. The Labute approximate surface area is 193 Å². The SMILES string of the molecule is O=C(Nc1ccc(CN2CCOCC2)cc1)c1[nH]ncc1Nc1cc(C2CCCC2)ncn1. The number of benzene rings is 1. The van der Waals surface area contributed by atoms with E-state index in [1.54, 1.807) is 12.5 Å². The van der Waals surface area contributed by atoms with E-state index in [1.807, 2.05) is 30.3 Å². The summed E-state index contributed by atoms with van der Waals surface area (Å²) in [5, 5.41) is 13.0. The number of nitrogens with zero attached hydrogens (tertiary/aromatic N) is 4. The second kappa shape index (κ2) is 10.1. The number of carbonyl (C=O) groups excluding carboxylic acids is 1. The Morgan fingerprint density at radius 3 is 2.70 bits per heavy atom. The normalized spacial score (nSPS) is 17.2. The van der Waals surface area contributed by atoms with Crippen molar-refractivity contribution in [3.8, 4) is 0 Å². The van der Waals surface area contributed by atoms with E-state index in [2.05, 4.69) is 35.7 Å². The predicted molar refractivity (Wildman–Crippen MR) is 126 cm³/mol. The molecule has 9 heteroatoms. The maximum Gasteiger partial charge on any atom is 0.275 e. The van der Waals surface area contributed by atoms with Crippen LogP contribution in [0.15, 0.2) is 42.9 Å². The van der Waals surface area contributed by atoms with Gasteiger partial charge in [0.2, 0.25) is 0 Å². The number of hydrogen-bond acceptors (Lipinski definition) is 7. The van der Waals surface area contributed by atoms with Crippen molar-refractivity contribution in [2.24, 2.45) is 0 Å². The van der Waals surface area contributed by atoms with Gasteiger partial charge in [0.25, 0.3) is 5.91 Å². The first kappa shape index (κ1) is 21.5. The molecule has 172 valence electrons. The van der Waals surface area contributed by atoms with Crippen LogP contribution in [-0.2, 0) is 11.3 Å². The van der Waals surface area contributed by atoms with E-state index in [1.165, 1.54) is 31.2 Å². The highest BCUT2D eigenvalue weighted by molar-refractivity contribution is 6.06. The third kappa shape index (κ3) is 5.37. The minimum Gasteiger partial charge on any atom is -0.379 e. The lowest BCUT2D eigenvalue weighted by Crippen LogP contribution is -2.35. The fraction of sp³-hybridized carbons (Fsp3) is 0.417. The highest BCUT2D eigenvalue weighted by Gasteiger charge is 2.20. The van der Waals surface area contributed by atoms with Gasteiger partial charge in [-0.1, -0.05) is 25.0 Å². The summed E-state index contributed by atoms with van der Waals surface area (Å²) in [5.41, 5.74) is 3.93. The van der Waals surface area contributed by atoms with Gasteiger partial charge in [0.15, 0.2) is 0 Å². The molecule has 9 nitrogen and oxygen atoms in total. The van der Waals surface area contributed by atoms with Crippen LogP contribution in [0.1, 0.15) is 53.3 Å². The molecular formula is C24H29N7O2. The molecule has 1 saturated heterocycles. The fourth-order valence-corrected chi connectivity index (χ4v) is 4.48. The number of nitrogens with one attached hydrogen (secondary N) is 3. The molecule has 0 atom stereocenters. The first-order chi connectivity index (χ1) is 16.2. The lowest BCUT2D eigenvalue weighted by Gasteiger charge is -2.26. The summed E-state index contributed by atoms with van der Waals surface area (Å²) >= 11 is 0. The molecule has 2 aliphatic rings. The molecule has 1 aliphatic carbocycles. The van der Waals surface area contributed by atoms with Crippen molar-refractivity contribution in [2.75, 3.05) is 36.9 Å². The van der Waals surface area contributed by atoms with Crippen LogP contribution in [0.5, 0.6) is 0 Å². The number of rotatable bonds is 7. The smallest absolute Gasteiger partial charge is 0.275 e. The van der Waals surface area contributed by atoms with Crippen LogP contribution in [-0.4, -0.2) is 57.3 Å². The van der Waals surface area contributed by atoms with Crippen molar-refractivity contribution in [2.45, 2.75) is 38.1 Å².